The number of nitrogens with one attached hydrogen (secondary N) is 1. The Kier molecular flexibility index (Phi) is 4.75. The highest BCUT2D eigenvalue weighted by atomic mass is 16.7. The van der Waals surface area contributed by atoms with Crippen LogP contribution in [-0.2, 0) is 9.47 Å². The predicted molar refractivity (Wildman–Crippen MR) is 99.4 cm³/mol. The minimum absolute atomic E-state index is 0.254. The van der Waals surface area contributed by atoms with Gasteiger partial charge in [-0.1, -0.05) is 6.07 Å². The summed E-state index contributed by atoms with van der Waals surface area (Å²) in [7, 11) is 0. The van der Waals surface area contributed by atoms with Crippen LogP contribution in [0, 0.1) is 11.3 Å². The lowest BCUT2D eigenvalue weighted by atomic mass is 10.0. The summed E-state index contributed by atoms with van der Waals surface area (Å²) >= 11 is 0. The largest absolute Gasteiger partial charge is 0.370 e. The summed E-state index contributed by atoms with van der Waals surface area (Å²) in [5, 5.41) is 11.8. The Balaban J connectivity index is 1.44. The number of piperidine rings is 1. The van der Waals surface area contributed by atoms with Gasteiger partial charge in [-0.2, -0.15) is 5.26 Å². The number of nitrogens with zero attached hydrogens (tertiary/aromatic N) is 3. The standard InChI is InChI=1S/C20H20N4O3/c21-12-15-2-1-3-17(10-15)23-19(25)16-11-18(14-22-13-16)24-6-4-20(5-7-24)26-8-9-27-20/h1-3,10-11,13-14H,4-9H2,(H,23,25). The fourth-order valence-corrected chi connectivity index (χ4v) is 3.49. The fraction of sp³-hybridized carbons (Fsp3) is 0.350. The molecule has 1 amide bonds. The summed E-state index contributed by atoms with van der Waals surface area (Å²) in [6.45, 7) is 2.89. The molecule has 0 aliphatic carbocycles. The molecular formula is C20H20N4O3. The number of aromatic nitrogens is 1. The van der Waals surface area contributed by atoms with Gasteiger partial charge in [0.15, 0.2) is 5.79 Å². The van der Waals surface area contributed by atoms with Gasteiger partial charge in [-0.05, 0) is 24.3 Å². The number of hydrogen-bond acceptors (Lipinski definition) is 6. The molecule has 3 heterocycles. The second-order valence-electron chi connectivity index (χ2n) is 6.67. The molecule has 2 aliphatic heterocycles. The third kappa shape index (κ3) is 3.77. The summed E-state index contributed by atoms with van der Waals surface area (Å²) in [4.78, 5) is 19.0. The van der Waals surface area contributed by atoms with Crippen molar-refractivity contribution in [1.82, 2.24) is 4.98 Å². The molecule has 1 spiro atoms. The molecule has 0 atom stereocenters. The smallest absolute Gasteiger partial charge is 0.257 e. The maximum absolute atomic E-state index is 12.6. The third-order valence-corrected chi connectivity index (χ3v) is 4.94. The number of carbonyl (C=O) groups is 1. The Bertz CT molecular complexity index is 877. The molecule has 2 saturated heterocycles. The van der Waals surface area contributed by atoms with E-state index in [1.807, 2.05) is 6.07 Å². The van der Waals surface area contributed by atoms with Crippen molar-refractivity contribution in [3.63, 3.8) is 0 Å². The van der Waals surface area contributed by atoms with Crippen LogP contribution in [0.2, 0.25) is 0 Å². The van der Waals surface area contributed by atoms with Crippen LogP contribution in [0.5, 0.6) is 0 Å². The van der Waals surface area contributed by atoms with Crippen LogP contribution >= 0.6 is 0 Å². The van der Waals surface area contributed by atoms with E-state index in [-0.39, 0.29) is 5.91 Å². The van der Waals surface area contributed by atoms with E-state index in [1.54, 1.807) is 36.7 Å². The highest BCUT2D eigenvalue weighted by Crippen LogP contribution is 2.33. The van der Waals surface area contributed by atoms with Crippen molar-refractivity contribution in [1.29, 1.82) is 5.26 Å². The molecule has 0 bridgehead atoms. The molecular weight excluding hydrogens is 344 g/mol. The number of rotatable bonds is 3. The number of anilines is 2. The van der Waals surface area contributed by atoms with Crippen molar-refractivity contribution in [2.75, 3.05) is 36.5 Å². The Morgan fingerprint density at radius 1 is 1.19 bits per heavy atom. The van der Waals surface area contributed by atoms with Gasteiger partial charge in [0.1, 0.15) is 0 Å². The second kappa shape index (κ2) is 7.35. The lowest BCUT2D eigenvalue weighted by Gasteiger charge is -2.38. The fourth-order valence-electron chi connectivity index (χ4n) is 3.49. The van der Waals surface area contributed by atoms with Crippen LogP contribution in [-0.4, -0.2) is 43.0 Å². The Hall–Kier alpha value is -2.95. The number of amides is 1. The number of ether oxygens (including phenoxy) is 2. The van der Waals surface area contributed by atoms with Gasteiger partial charge in [-0.3, -0.25) is 9.78 Å². The molecule has 0 radical (unpaired) electrons. The van der Waals surface area contributed by atoms with Gasteiger partial charge in [0, 0.05) is 37.8 Å². The first kappa shape index (κ1) is 17.5. The summed E-state index contributed by atoms with van der Waals surface area (Å²) < 4.78 is 11.5. The predicted octanol–water partition coefficient (Wildman–Crippen LogP) is 2.55. The molecule has 7 heteroatoms. The van der Waals surface area contributed by atoms with Gasteiger partial charge in [0.2, 0.25) is 0 Å². The molecule has 1 aromatic heterocycles. The molecule has 0 saturated carbocycles. The Labute approximate surface area is 157 Å². The van der Waals surface area contributed by atoms with Crippen LogP contribution < -0.4 is 10.2 Å². The van der Waals surface area contributed by atoms with E-state index >= 15 is 0 Å². The maximum Gasteiger partial charge on any atom is 0.257 e. The first-order valence-corrected chi connectivity index (χ1v) is 8.97. The minimum atomic E-state index is -0.426. The molecule has 2 aromatic rings. The van der Waals surface area contributed by atoms with Crippen LogP contribution in [0.25, 0.3) is 0 Å². The molecule has 27 heavy (non-hydrogen) atoms. The zero-order chi connectivity index (χ0) is 18.7. The average molecular weight is 364 g/mol. The normalized spacial score (nSPS) is 18.3. The minimum Gasteiger partial charge on any atom is -0.370 e. The van der Waals surface area contributed by atoms with E-state index in [9.17, 15) is 4.79 Å². The van der Waals surface area contributed by atoms with Crippen molar-refractivity contribution in [2.45, 2.75) is 18.6 Å². The van der Waals surface area contributed by atoms with Crippen molar-refractivity contribution in [2.24, 2.45) is 0 Å². The van der Waals surface area contributed by atoms with Crippen LogP contribution in [0.4, 0.5) is 11.4 Å². The first-order chi connectivity index (χ1) is 13.2. The van der Waals surface area contributed by atoms with Gasteiger partial charge >= 0.3 is 0 Å². The van der Waals surface area contributed by atoms with Crippen molar-refractivity contribution in [3.8, 4) is 6.07 Å². The quantitative estimate of drug-likeness (QED) is 0.901. The zero-order valence-electron chi connectivity index (χ0n) is 14.9. The third-order valence-electron chi connectivity index (χ3n) is 4.94. The molecule has 0 unspecified atom stereocenters. The first-order valence-electron chi connectivity index (χ1n) is 8.97. The molecule has 2 fully saturated rings. The van der Waals surface area contributed by atoms with Crippen LogP contribution in [0.3, 0.4) is 0 Å². The summed E-state index contributed by atoms with van der Waals surface area (Å²) in [5.41, 5.74) is 2.46. The lowest BCUT2D eigenvalue weighted by molar-refractivity contribution is -0.169. The van der Waals surface area contributed by atoms with Crippen LogP contribution in [0.1, 0.15) is 28.8 Å². The molecule has 4 rings (SSSR count). The Morgan fingerprint density at radius 2 is 1.96 bits per heavy atom. The molecule has 7 nitrogen and oxygen atoms in total. The van der Waals surface area contributed by atoms with Crippen LogP contribution in [0.15, 0.2) is 42.7 Å². The van der Waals surface area contributed by atoms with Gasteiger partial charge in [-0.25, -0.2) is 0 Å². The van der Waals surface area contributed by atoms with Gasteiger partial charge in [-0.15, -0.1) is 0 Å². The summed E-state index contributed by atoms with van der Waals surface area (Å²) in [5.74, 6) is -0.680. The maximum atomic E-state index is 12.6. The highest BCUT2D eigenvalue weighted by Gasteiger charge is 2.39. The number of benzene rings is 1. The number of nitriles is 1. The van der Waals surface area contributed by atoms with E-state index in [2.05, 4.69) is 21.3 Å². The number of hydrogen-bond donors (Lipinski definition) is 1. The average Bonchev–Trinajstić information content (AvgIpc) is 3.16. The van der Waals surface area contributed by atoms with Gasteiger partial charge in [0.05, 0.1) is 42.3 Å². The molecule has 1 aromatic carbocycles. The number of pyridine rings is 1. The monoisotopic (exact) mass is 364 g/mol. The van der Waals surface area contributed by atoms with E-state index < -0.39 is 5.79 Å². The number of carbonyl (C=O) groups excluding carboxylic acids is 1. The van der Waals surface area contributed by atoms with Gasteiger partial charge < -0.3 is 19.7 Å². The Morgan fingerprint density at radius 3 is 2.70 bits per heavy atom. The lowest BCUT2D eigenvalue weighted by Crippen LogP contribution is -2.45. The van der Waals surface area contributed by atoms with E-state index in [4.69, 9.17) is 14.7 Å². The summed E-state index contributed by atoms with van der Waals surface area (Å²) in [6.07, 6.45) is 4.90. The van der Waals surface area contributed by atoms with Crippen molar-refractivity contribution >= 4 is 17.3 Å². The van der Waals surface area contributed by atoms with E-state index in [1.165, 1.54) is 0 Å². The van der Waals surface area contributed by atoms with E-state index in [0.717, 1.165) is 31.6 Å². The van der Waals surface area contributed by atoms with Crippen molar-refractivity contribution < 1.29 is 14.3 Å². The van der Waals surface area contributed by atoms with E-state index in [0.29, 0.717) is 30.0 Å². The topological polar surface area (TPSA) is 87.5 Å². The highest BCUT2D eigenvalue weighted by molar-refractivity contribution is 6.04. The van der Waals surface area contributed by atoms with Crippen molar-refractivity contribution in [3.05, 3.63) is 53.9 Å². The SMILES string of the molecule is N#Cc1cccc(NC(=O)c2cncc(N3CCC4(CC3)OCCO4)c2)c1. The molecule has 2 aliphatic rings. The molecule has 138 valence electrons. The van der Waals surface area contributed by atoms with Gasteiger partial charge in [0.25, 0.3) is 5.91 Å². The zero-order valence-corrected chi connectivity index (χ0v) is 14.9. The second-order valence-corrected chi connectivity index (χ2v) is 6.67. The summed E-state index contributed by atoms with van der Waals surface area (Å²) in [6, 6.07) is 10.7. The molecule has 1 N–H and O–H groups in total.